The van der Waals surface area contributed by atoms with E-state index >= 15 is 0 Å². The van der Waals surface area contributed by atoms with Gasteiger partial charge in [-0.2, -0.15) is 0 Å². The van der Waals surface area contributed by atoms with Crippen LogP contribution in [0.15, 0.2) is 53.0 Å². The average Bonchev–Trinajstić information content (AvgIpc) is 3.11. The van der Waals surface area contributed by atoms with Crippen molar-refractivity contribution in [2.45, 2.75) is 12.8 Å². The molecule has 1 amide bonds. The fraction of sp³-hybridized carbons (Fsp3) is 0.222. The molecule has 0 aromatic heterocycles. The maximum absolute atomic E-state index is 12.3. The molecule has 0 aliphatic carbocycles. The summed E-state index contributed by atoms with van der Waals surface area (Å²) < 4.78 is 1.02. The summed E-state index contributed by atoms with van der Waals surface area (Å²) in [5.74, 6) is 0.106. The van der Waals surface area contributed by atoms with Gasteiger partial charge in [0, 0.05) is 34.5 Å². The van der Waals surface area contributed by atoms with E-state index in [0.717, 1.165) is 41.8 Å². The van der Waals surface area contributed by atoms with E-state index in [1.54, 1.807) is 0 Å². The summed E-state index contributed by atoms with van der Waals surface area (Å²) in [5, 5.41) is 6.76. The molecule has 6 heteroatoms. The SMILES string of the molecule is O=C(c1ccc(NC(=S)Nc2ccc(Br)cc2)cc1)N1CCCC1. The van der Waals surface area contributed by atoms with Gasteiger partial charge < -0.3 is 15.5 Å². The number of carbonyl (C=O) groups excluding carboxylic acids is 1. The molecule has 1 saturated heterocycles. The predicted molar refractivity (Wildman–Crippen MR) is 106 cm³/mol. The maximum Gasteiger partial charge on any atom is 0.253 e. The Labute approximate surface area is 155 Å². The molecule has 1 heterocycles. The van der Waals surface area contributed by atoms with Crippen molar-refractivity contribution in [2.75, 3.05) is 23.7 Å². The molecule has 2 N–H and O–H groups in total. The summed E-state index contributed by atoms with van der Waals surface area (Å²) >= 11 is 8.71. The third kappa shape index (κ3) is 4.33. The predicted octanol–water partition coefficient (Wildman–Crippen LogP) is 4.49. The zero-order valence-corrected chi connectivity index (χ0v) is 15.5. The van der Waals surface area contributed by atoms with Crippen molar-refractivity contribution in [1.29, 1.82) is 0 Å². The van der Waals surface area contributed by atoms with E-state index < -0.39 is 0 Å². The van der Waals surface area contributed by atoms with E-state index in [0.29, 0.717) is 10.7 Å². The van der Waals surface area contributed by atoms with Crippen LogP contribution < -0.4 is 10.6 Å². The standard InChI is InChI=1S/C18H18BrN3OS/c19-14-5-9-16(10-6-14)21-18(24)20-15-7-3-13(4-8-15)17(23)22-11-1-2-12-22/h3-10H,1-2,11-12H2,(H2,20,21,24). The molecule has 1 aliphatic rings. The number of halogens is 1. The molecule has 0 spiro atoms. The van der Waals surface area contributed by atoms with Gasteiger partial charge in [-0.25, -0.2) is 0 Å². The molecule has 4 nitrogen and oxygen atoms in total. The number of carbonyl (C=O) groups is 1. The van der Waals surface area contributed by atoms with E-state index in [-0.39, 0.29) is 5.91 Å². The second-order valence-corrected chi connectivity index (χ2v) is 6.99. The van der Waals surface area contributed by atoms with Crippen LogP contribution in [0.25, 0.3) is 0 Å². The van der Waals surface area contributed by atoms with E-state index in [4.69, 9.17) is 12.2 Å². The first-order valence-corrected chi connectivity index (χ1v) is 9.05. The van der Waals surface area contributed by atoms with Crippen LogP contribution in [0.2, 0.25) is 0 Å². The summed E-state index contributed by atoms with van der Waals surface area (Å²) in [6.07, 6.45) is 2.20. The summed E-state index contributed by atoms with van der Waals surface area (Å²) in [6.45, 7) is 1.72. The highest BCUT2D eigenvalue weighted by Gasteiger charge is 2.19. The number of hydrogen-bond acceptors (Lipinski definition) is 2. The Morgan fingerprint density at radius 1 is 0.917 bits per heavy atom. The number of nitrogens with one attached hydrogen (secondary N) is 2. The van der Waals surface area contributed by atoms with E-state index in [1.807, 2.05) is 53.4 Å². The zero-order chi connectivity index (χ0) is 16.9. The molecule has 1 aliphatic heterocycles. The minimum Gasteiger partial charge on any atom is -0.339 e. The quantitative estimate of drug-likeness (QED) is 0.740. The van der Waals surface area contributed by atoms with Crippen LogP contribution in [0.1, 0.15) is 23.2 Å². The van der Waals surface area contributed by atoms with Gasteiger partial charge >= 0.3 is 0 Å². The highest BCUT2D eigenvalue weighted by Crippen LogP contribution is 2.17. The number of thiocarbonyl (C=S) groups is 1. The number of hydrogen-bond donors (Lipinski definition) is 2. The van der Waals surface area contributed by atoms with Crippen molar-refractivity contribution >= 4 is 50.5 Å². The third-order valence-corrected chi connectivity index (χ3v) is 4.62. The van der Waals surface area contributed by atoms with Crippen molar-refractivity contribution in [3.05, 3.63) is 58.6 Å². The molecule has 1 fully saturated rings. The minimum atomic E-state index is 0.106. The number of nitrogens with zero attached hydrogens (tertiary/aromatic N) is 1. The lowest BCUT2D eigenvalue weighted by atomic mass is 10.2. The van der Waals surface area contributed by atoms with Crippen molar-refractivity contribution < 1.29 is 4.79 Å². The van der Waals surface area contributed by atoms with Crippen molar-refractivity contribution in [3.63, 3.8) is 0 Å². The van der Waals surface area contributed by atoms with Crippen molar-refractivity contribution in [3.8, 4) is 0 Å². The van der Waals surface area contributed by atoms with Gasteiger partial charge in [-0.1, -0.05) is 15.9 Å². The number of anilines is 2. The van der Waals surface area contributed by atoms with Crippen LogP contribution in [-0.2, 0) is 0 Å². The highest BCUT2D eigenvalue weighted by atomic mass is 79.9. The summed E-state index contributed by atoms with van der Waals surface area (Å²) in [6, 6.07) is 15.2. The average molecular weight is 404 g/mol. The van der Waals surface area contributed by atoms with Crippen molar-refractivity contribution in [2.24, 2.45) is 0 Å². The van der Waals surface area contributed by atoms with Gasteiger partial charge in [-0.3, -0.25) is 4.79 Å². The Morgan fingerprint density at radius 3 is 1.96 bits per heavy atom. The number of benzene rings is 2. The molecule has 0 unspecified atom stereocenters. The first-order chi connectivity index (χ1) is 11.6. The fourth-order valence-corrected chi connectivity index (χ4v) is 3.13. The highest BCUT2D eigenvalue weighted by molar-refractivity contribution is 9.10. The molecule has 0 bridgehead atoms. The Bertz CT molecular complexity index is 725. The second kappa shape index (κ2) is 7.77. The largest absolute Gasteiger partial charge is 0.339 e. The van der Waals surface area contributed by atoms with Crippen molar-refractivity contribution in [1.82, 2.24) is 4.90 Å². The van der Waals surface area contributed by atoms with Gasteiger partial charge in [0.1, 0.15) is 0 Å². The van der Waals surface area contributed by atoms with Gasteiger partial charge in [0.15, 0.2) is 5.11 Å². The van der Waals surface area contributed by atoms with Crippen LogP contribution in [0.5, 0.6) is 0 Å². The molecule has 2 aromatic carbocycles. The normalized spacial score (nSPS) is 13.6. The molecule has 3 rings (SSSR count). The molecular formula is C18H18BrN3OS. The van der Waals surface area contributed by atoms with Gasteiger partial charge in [0.25, 0.3) is 5.91 Å². The first-order valence-electron chi connectivity index (χ1n) is 7.85. The zero-order valence-electron chi connectivity index (χ0n) is 13.1. The van der Waals surface area contributed by atoms with E-state index in [9.17, 15) is 4.79 Å². The fourth-order valence-electron chi connectivity index (χ4n) is 2.63. The van der Waals surface area contributed by atoms with Gasteiger partial charge in [0.2, 0.25) is 0 Å². The third-order valence-electron chi connectivity index (χ3n) is 3.89. The Kier molecular flexibility index (Phi) is 5.48. The lowest BCUT2D eigenvalue weighted by molar-refractivity contribution is 0.0793. The van der Waals surface area contributed by atoms with Crippen LogP contribution in [0, 0.1) is 0 Å². The molecule has 0 radical (unpaired) electrons. The molecule has 0 saturated carbocycles. The Morgan fingerprint density at radius 2 is 1.42 bits per heavy atom. The first kappa shape index (κ1) is 16.9. The lowest BCUT2D eigenvalue weighted by Crippen LogP contribution is -2.27. The number of amides is 1. The molecule has 2 aromatic rings. The molecule has 124 valence electrons. The van der Waals surface area contributed by atoms with Crippen LogP contribution in [-0.4, -0.2) is 29.0 Å². The van der Waals surface area contributed by atoms with E-state index in [2.05, 4.69) is 26.6 Å². The number of rotatable bonds is 3. The van der Waals surface area contributed by atoms with Crippen LogP contribution >= 0.6 is 28.1 Å². The molecule has 0 atom stereocenters. The topological polar surface area (TPSA) is 44.4 Å². The smallest absolute Gasteiger partial charge is 0.253 e. The Hall–Kier alpha value is -1.92. The lowest BCUT2D eigenvalue weighted by Gasteiger charge is -2.15. The van der Waals surface area contributed by atoms with Gasteiger partial charge in [0.05, 0.1) is 0 Å². The molecule has 24 heavy (non-hydrogen) atoms. The monoisotopic (exact) mass is 403 g/mol. The minimum absolute atomic E-state index is 0.106. The van der Waals surface area contributed by atoms with Crippen LogP contribution in [0.3, 0.4) is 0 Å². The van der Waals surface area contributed by atoms with E-state index in [1.165, 1.54) is 0 Å². The Balaban J connectivity index is 1.58. The summed E-state index contributed by atoms with van der Waals surface area (Å²) in [4.78, 5) is 14.2. The van der Waals surface area contributed by atoms with Gasteiger partial charge in [-0.15, -0.1) is 0 Å². The summed E-state index contributed by atoms with van der Waals surface area (Å²) in [5.41, 5.74) is 2.48. The maximum atomic E-state index is 12.3. The summed E-state index contributed by atoms with van der Waals surface area (Å²) in [7, 11) is 0. The second-order valence-electron chi connectivity index (χ2n) is 5.66. The van der Waals surface area contributed by atoms with Gasteiger partial charge in [-0.05, 0) is 73.6 Å². The molecular weight excluding hydrogens is 386 g/mol. The number of likely N-dealkylation sites (tertiary alicyclic amines) is 1. The van der Waals surface area contributed by atoms with Crippen LogP contribution in [0.4, 0.5) is 11.4 Å².